The Morgan fingerprint density at radius 1 is 0.970 bits per heavy atom. The van der Waals surface area contributed by atoms with Crippen molar-refractivity contribution in [3.05, 3.63) is 17.8 Å². The van der Waals surface area contributed by atoms with Crippen molar-refractivity contribution in [2.75, 3.05) is 0 Å². The fourth-order valence-corrected chi connectivity index (χ4v) is 9.53. The molecular weight excluding hydrogens is 432 g/mol. The van der Waals surface area contributed by atoms with Crippen LogP contribution >= 0.6 is 11.6 Å². The summed E-state index contributed by atoms with van der Waals surface area (Å²) in [6.45, 7) is 5.43. The van der Waals surface area contributed by atoms with Gasteiger partial charge < -0.3 is 4.57 Å². The summed E-state index contributed by atoms with van der Waals surface area (Å²) in [7, 11) is 0. The van der Waals surface area contributed by atoms with Gasteiger partial charge in [0.05, 0.1) is 12.9 Å². The Hall–Kier alpha value is -1.49. The first kappa shape index (κ1) is 22.0. The molecule has 4 aliphatic rings. The Bertz CT molecular complexity index is 1070. The lowest BCUT2D eigenvalue weighted by Crippen LogP contribution is -2.56. The summed E-state index contributed by atoms with van der Waals surface area (Å²) in [4.78, 5) is 26.5. The van der Waals surface area contributed by atoms with E-state index >= 15 is 0 Å². The maximum absolute atomic E-state index is 13.8. The molecule has 0 aliphatic heterocycles. The number of rotatable bonds is 3. The van der Waals surface area contributed by atoms with Gasteiger partial charge in [-0.3, -0.25) is 4.79 Å². The second-order valence-corrected chi connectivity index (χ2v) is 12.5. The molecule has 5 nitrogen and oxygen atoms in total. The van der Waals surface area contributed by atoms with Crippen molar-refractivity contribution in [2.24, 2.45) is 40.4 Å². The standard InChI is InChI=1S/C27H37ClN4O/c1-26-12-4-3-6-17(26)9-10-18-19-7-5-8-21(27(19,2)13-11-20(18)26)22(33)14-32-16-31-25-23(32)24(28)29-15-30-25/h15-21H,3-14H2,1-2H3/t17?,18-,19?,20?,21+,26-,27-/m0/s1. The number of aromatic nitrogens is 4. The van der Waals surface area contributed by atoms with Gasteiger partial charge in [-0.25, -0.2) is 15.0 Å². The van der Waals surface area contributed by atoms with Crippen LogP contribution in [0.2, 0.25) is 5.15 Å². The highest BCUT2D eigenvalue weighted by Gasteiger charge is 2.59. The van der Waals surface area contributed by atoms with Gasteiger partial charge in [-0.2, -0.15) is 0 Å². The summed E-state index contributed by atoms with van der Waals surface area (Å²) < 4.78 is 1.87. The molecule has 0 saturated heterocycles. The Morgan fingerprint density at radius 3 is 2.70 bits per heavy atom. The molecule has 0 N–H and O–H groups in total. The first-order valence-electron chi connectivity index (χ1n) is 13.3. The fraction of sp³-hybridized carbons (Fsp3) is 0.778. The van der Waals surface area contributed by atoms with Crippen LogP contribution in [0.15, 0.2) is 12.7 Å². The molecule has 3 unspecified atom stereocenters. The lowest BCUT2D eigenvalue weighted by Gasteiger charge is -2.63. The molecule has 4 fully saturated rings. The number of fused-ring (bicyclic) bond motifs is 6. The number of imidazole rings is 1. The lowest BCUT2D eigenvalue weighted by molar-refractivity contribution is -0.155. The molecule has 0 bridgehead atoms. The van der Waals surface area contributed by atoms with Gasteiger partial charge in [0.25, 0.3) is 0 Å². The Balaban J connectivity index is 1.26. The smallest absolute Gasteiger partial charge is 0.182 e. The second kappa shape index (κ2) is 8.03. The van der Waals surface area contributed by atoms with E-state index in [1.54, 1.807) is 6.33 Å². The normalized spacial score (nSPS) is 40.6. The van der Waals surface area contributed by atoms with E-state index in [4.69, 9.17) is 11.6 Å². The summed E-state index contributed by atoms with van der Waals surface area (Å²) in [5.41, 5.74) is 1.92. The van der Waals surface area contributed by atoms with Gasteiger partial charge in [-0.05, 0) is 85.9 Å². The predicted octanol–water partition coefficient (Wildman–Crippen LogP) is 6.49. The van der Waals surface area contributed by atoms with E-state index < -0.39 is 0 Å². The molecule has 178 valence electrons. The number of Topliss-reactive ketones (excluding diaryl/α,β-unsaturated/α-hetero) is 1. The number of ketones is 1. The SMILES string of the molecule is C[C@]12CCCCC1CC[C@@H]1C2CC[C@@]2(C)C1CCC[C@@H]2C(=O)Cn1cnc2ncnc(Cl)c21. The molecule has 4 saturated carbocycles. The zero-order chi connectivity index (χ0) is 22.8. The van der Waals surface area contributed by atoms with E-state index in [0.717, 1.165) is 24.2 Å². The average molecular weight is 469 g/mol. The first-order chi connectivity index (χ1) is 15.9. The van der Waals surface area contributed by atoms with Crippen LogP contribution in [0.5, 0.6) is 0 Å². The molecule has 0 amide bonds. The maximum atomic E-state index is 13.8. The monoisotopic (exact) mass is 468 g/mol. The van der Waals surface area contributed by atoms with Crippen molar-refractivity contribution in [1.82, 2.24) is 19.5 Å². The van der Waals surface area contributed by atoms with E-state index in [0.29, 0.717) is 40.0 Å². The van der Waals surface area contributed by atoms with E-state index in [-0.39, 0.29) is 11.3 Å². The summed E-state index contributed by atoms with van der Waals surface area (Å²) >= 11 is 6.33. The molecule has 2 aromatic rings. The Morgan fingerprint density at radius 2 is 1.82 bits per heavy atom. The van der Waals surface area contributed by atoms with Crippen LogP contribution in [0.3, 0.4) is 0 Å². The molecule has 6 heteroatoms. The minimum Gasteiger partial charge on any atom is -0.319 e. The number of hydrogen-bond donors (Lipinski definition) is 0. The zero-order valence-electron chi connectivity index (χ0n) is 20.1. The molecule has 7 atom stereocenters. The van der Waals surface area contributed by atoms with Crippen LogP contribution in [0, 0.1) is 40.4 Å². The van der Waals surface area contributed by atoms with Gasteiger partial charge in [-0.1, -0.05) is 44.7 Å². The lowest BCUT2D eigenvalue weighted by atomic mass is 9.41. The Kier molecular flexibility index (Phi) is 5.36. The van der Waals surface area contributed by atoms with Gasteiger partial charge in [0.15, 0.2) is 16.6 Å². The summed E-state index contributed by atoms with van der Waals surface area (Å²) in [6.07, 6.45) is 17.8. The van der Waals surface area contributed by atoms with Crippen molar-refractivity contribution in [2.45, 2.75) is 91.0 Å². The first-order valence-corrected chi connectivity index (χ1v) is 13.6. The highest BCUT2D eigenvalue weighted by Crippen LogP contribution is 2.66. The van der Waals surface area contributed by atoms with Crippen molar-refractivity contribution in [1.29, 1.82) is 0 Å². The highest BCUT2D eigenvalue weighted by atomic mass is 35.5. The quantitative estimate of drug-likeness (QED) is 0.483. The summed E-state index contributed by atoms with van der Waals surface area (Å²) in [5, 5.41) is 0.371. The van der Waals surface area contributed by atoms with Crippen LogP contribution in [-0.4, -0.2) is 25.3 Å². The number of carbonyl (C=O) groups excluding carboxylic acids is 1. The fourth-order valence-electron chi connectivity index (χ4n) is 9.29. The molecule has 33 heavy (non-hydrogen) atoms. The Labute approximate surface area is 202 Å². The largest absolute Gasteiger partial charge is 0.319 e. The topological polar surface area (TPSA) is 60.7 Å². The van der Waals surface area contributed by atoms with E-state index in [1.165, 1.54) is 70.5 Å². The minimum absolute atomic E-state index is 0.130. The zero-order valence-corrected chi connectivity index (χ0v) is 20.9. The van der Waals surface area contributed by atoms with Crippen LogP contribution in [0.25, 0.3) is 11.2 Å². The molecule has 0 spiro atoms. The number of halogens is 1. The number of carbonyl (C=O) groups is 1. The molecule has 0 radical (unpaired) electrons. The highest BCUT2D eigenvalue weighted by molar-refractivity contribution is 6.33. The van der Waals surface area contributed by atoms with Crippen LogP contribution < -0.4 is 0 Å². The third kappa shape index (κ3) is 3.31. The third-order valence-electron chi connectivity index (χ3n) is 10.9. The van der Waals surface area contributed by atoms with E-state index in [9.17, 15) is 4.79 Å². The van der Waals surface area contributed by atoms with Crippen molar-refractivity contribution < 1.29 is 4.79 Å². The number of nitrogens with zero attached hydrogens (tertiary/aromatic N) is 4. The molecule has 2 heterocycles. The molecule has 0 aromatic carbocycles. The predicted molar refractivity (Wildman–Crippen MR) is 130 cm³/mol. The van der Waals surface area contributed by atoms with Crippen LogP contribution in [0.4, 0.5) is 0 Å². The molecule has 6 rings (SSSR count). The van der Waals surface area contributed by atoms with Gasteiger partial charge >= 0.3 is 0 Å². The van der Waals surface area contributed by atoms with Gasteiger partial charge in [-0.15, -0.1) is 0 Å². The van der Waals surface area contributed by atoms with Crippen molar-refractivity contribution >= 4 is 28.5 Å². The van der Waals surface area contributed by atoms with E-state index in [2.05, 4.69) is 28.8 Å². The molecule has 2 aromatic heterocycles. The van der Waals surface area contributed by atoms with Crippen LogP contribution in [-0.2, 0) is 11.3 Å². The number of hydrogen-bond acceptors (Lipinski definition) is 4. The summed E-state index contributed by atoms with van der Waals surface area (Å²) in [5.74, 6) is 3.81. The minimum atomic E-state index is 0.130. The van der Waals surface area contributed by atoms with E-state index in [1.807, 2.05) is 4.57 Å². The van der Waals surface area contributed by atoms with Crippen molar-refractivity contribution in [3.63, 3.8) is 0 Å². The average Bonchev–Trinajstić information content (AvgIpc) is 3.21. The molecular formula is C27H37ClN4O. The summed E-state index contributed by atoms with van der Waals surface area (Å²) in [6, 6.07) is 0. The maximum Gasteiger partial charge on any atom is 0.182 e. The van der Waals surface area contributed by atoms with Gasteiger partial charge in [0.2, 0.25) is 0 Å². The van der Waals surface area contributed by atoms with Gasteiger partial charge in [0, 0.05) is 5.92 Å². The second-order valence-electron chi connectivity index (χ2n) is 12.1. The van der Waals surface area contributed by atoms with Crippen molar-refractivity contribution in [3.8, 4) is 0 Å². The van der Waals surface area contributed by atoms with Crippen LogP contribution in [0.1, 0.15) is 84.5 Å². The molecule has 4 aliphatic carbocycles. The third-order valence-corrected chi connectivity index (χ3v) is 11.2. The van der Waals surface area contributed by atoms with Gasteiger partial charge in [0.1, 0.15) is 11.8 Å².